The van der Waals surface area contributed by atoms with Crippen LogP contribution in [-0.4, -0.2) is 53.1 Å². The molecule has 0 aliphatic carbocycles. The highest BCUT2D eigenvalue weighted by molar-refractivity contribution is 5.95. The Morgan fingerprint density at radius 2 is 1.89 bits per heavy atom. The molecule has 1 atom stereocenters. The Balaban J connectivity index is 1.40. The molecule has 2 aliphatic rings. The number of aryl methyl sites for hydroxylation is 1. The molecule has 0 bridgehead atoms. The zero-order chi connectivity index (χ0) is 18.6. The molecule has 0 unspecified atom stereocenters. The van der Waals surface area contributed by atoms with Crippen molar-refractivity contribution < 1.29 is 9.53 Å². The maximum Gasteiger partial charge on any atom is 0.257 e. The first kappa shape index (κ1) is 17.8. The standard InChI is InChI=1S/C21H26N4O2/c1-16-19(14-22-21(23-16)24-11-6-3-7-12-24)20(26)25-13-10-18(15-25)27-17-8-4-2-5-9-17/h2,4-5,8-9,14,18H,3,6-7,10-13,15H2,1H3/t18-/m0/s1. The lowest BCUT2D eigenvalue weighted by Crippen LogP contribution is -2.33. The Hall–Kier alpha value is -2.63. The monoisotopic (exact) mass is 366 g/mol. The average molecular weight is 366 g/mol. The summed E-state index contributed by atoms with van der Waals surface area (Å²) < 4.78 is 5.99. The zero-order valence-electron chi connectivity index (χ0n) is 15.8. The second-order valence-corrected chi connectivity index (χ2v) is 7.31. The van der Waals surface area contributed by atoms with Crippen LogP contribution in [-0.2, 0) is 0 Å². The van der Waals surface area contributed by atoms with Gasteiger partial charge >= 0.3 is 0 Å². The second kappa shape index (κ2) is 7.94. The first-order valence-electron chi connectivity index (χ1n) is 9.80. The maximum atomic E-state index is 12.9. The Morgan fingerprint density at radius 3 is 2.63 bits per heavy atom. The molecule has 3 heterocycles. The van der Waals surface area contributed by atoms with Crippen LogP contribution >= 0.6 is 0 Å². The number of amides is 1. The van der Waals surface area contributed by atoms with Crippen LogP contribution in [0.2, 0.25) is 0 Å². The summed E-state index contributed by atoms with van der Waals surface area (Å²) in [6.45, 7) is 5.19. The molecule has 0 saturated carbocycles. The molecule has 2 aliphatic heterocycles. The van der Waals surface area contributed by atoms with Crippen LogP contribution in [0.3, 0.4) is 0 Å². The van der Waals surface area contributed by atoms with Crippen molar-refractivity contribution in [2.24, 2.45) is 0 Å². The van der Waals surface area contributed by atoms with Gasteiger partial charge in [0.25, 0.3) is 5.91 Å². The van der Waals surface area contributed by atoms with Crippen LogP contribution < -0.4 is 9.64 Å². The fraction of sp³-hybridized carbons (Fsp3) is 0.476. The van der Waals surface area contributed by atoms with Crippen LogP contribution in [0.15, 0.2) is 36.5 Å². The van der Waals surface area contributed by atoms with Crippen molar-refractivity contribution in [3.05, 3.63) is 47.8 Å². The lowest BCUT2D eigenvalue weighted by atomic mass is 10.1. The number of para-hydroxylation sites is 1. The van der Waals surface area contributed by atoms with E-state index in [4.69, 9.17) is 4.74 Å². The molecule has 6 nitrogen and oxygen atoms in total. The highest BCUT2D eigenvalue weighted by Crippen LogP contribution is 2.22. The summed E-state index contributed by atoms with van der Waals surface area (Å²) >= 11 is 0. The molecule has 0 radical (unpaired) electrons. The molecule has 142 valence electrons. The van der Waals surface area contributed by atoms with Crippen LogP contribution in [0.25, 0.3) is 0 Å². The predicted molar refractivity (Wildman–Crippen MR) is 104 cm³/mol. The fourth-order valence-electron chi connectivity index (χ4n) is 3.78. The number of carbonyl (C=O) groups excluding carboxylic acids is 1. The van der Waals surface area contributed by atoms with Gasteiger partial charge in [-0.05, 0) is 38.3 Å². The maximum absolute atomic E-state index is 12.9. The van der Waals surface area contributed by atoms with Crippen molar-refractivity contribution in [1.82, 2.24) is 14.9 Å². The fourth-order valence-corrected chi connectivity index (χ4v) is 3.78. The summed E-state index contributed by atoms with van der Waals surface area (Å²) in [5.41, 5.74) is 1.35. The zero-order valence-corrected chi connectivity index (χ0v) is 15.8. The summed E-state index contributed by atoms with van der Waals surface area (Å²) in [4.78, 5) is 26.1. The van der Waals surface area contributed by atoms with Gasteiger partial charge in [0, 0.05) is 32.3 Å². The minimum absolute atomic E-state index is 0.00291. The third-order valence-electron chi connectivity index (χ3n) is 5.31. The molecular formula is C21H26N4O2. The van der Waals surface area contributed by atoms with Gasteiger partial charge in [-0.25, -0.2) is 9.97 Å². The SMILES string of the molecule is Cc1nc(N2CCCCC2)ncc1C(=O)N1CC[C@H](Oc2ccccc2)C1. The summed E-state index contributed by atoms with van der Waals surface area (Å²) in [5, 5.41) is 0. The predicted octanol–water partition coefficient (Wildman–Crippen LogP) is 3.07. The lowest BCUT2D eigenvalue weighted by molar-refractivity contribution is 0.0770. The van der Waals surface area contributed by atoms with Crippen LogP contribution in [0, 0.1) is 6.92 Å². The molecule has 0 spiro atoms. The van der Waals surface area contributed by atoms with Gasteiger partial charge in [0.1, 0.15) is 11.9 Å². The smallest absolute Gasteiger partial charge is 0.257 e. The number of hydrogen-bond donors (Lipinski definition) is 0. The molecule has 1 aromatic heterocycles. The number of hydrogen-bond acceptors (Lipinski definition) is 5. The molecule has 4 rings (SSSR count). The molecule has 0 N–H and O–H groups in total. The summed E-state index contributed by atoms with van der Waals surface area (Å²) in [7, 11) is 0. The van der Waals surface area contributed by atoms with Crippen LogP contribution in [0.1, 0.15) is 41.7 Å². The Kier molecular flexibility index (Phi) is 5.23. The van der Waals surface area contributed by atoms with E-state index in [1.807, 2.05) is 42.2 Å². The number of piperidine rings is 1. The average Bonchev–Trinajstić information content (AvgIpc) is 3.17. The molecule has 2 saturated heterocycles. The van der Waals surface area contributed by atoms with Crippen molar-refractivity contribution in [3.63, 3.8) is 0 Å². The minimum atomic E-state index is -0.00291. The van der Waals surface area contributed by atoms with Crippen molar-refractivity contribution in [2.45, 2.75) is 38.7 Å². The number of ether oxygens (including phenoxy) is 1. The van der Waals surface area contributed by atoms with E-state index in [1.54, 1.807) is 6.20 Å². The number of benzene rings is 1. The van der Waals surface area contributed by atoms with E-state index in [0.717, 1.165) is 36.9 Å². The van der Waals surface area contributed by atoms with Gasteiger partial charge in [0.2, 0.25) is 5.95 Å². The normalized spacial score (nSPS) is 20.0. The number of anilines is 1. The number of likely N-dealkylation sites (tertiary alicyclic amines) is 1. The van der Waals surface area contributed by atoms with Crippen LogP contribution in [0.4, 0.5) is 5.95 Å². The van der Waals surface area contributed by atoms with E-state index in [1.165, 1.54) is 19.3 Å². The molecular weight excluding hydrogens is 340 g/mol. The van der Waals surface area contributed by atoms with Crippen LogP contribution in [0.5, 0.6) is 5.75 Å². The van der Waals surface area contributed by atoms with Gasteiger partial charge < -0.3 is 14.5 Å². The van der Waals surface area contributed by atoms with Gasteiger partial charge in [-0.3, -0.25) is 4.79 Å². The van der Waals surface area contributed by atoms with Gasteiger partial charge in [-0.2, -0.15) is 0 Å². The second-order valence-electron chi connectivity index (χ2n) is 7.31. The quantitative estimate of drug-likeness (QED) is 0.832. The third-order valence-corrected chi connectivity index (χ3v) is 5.31. The van der Waals surface area contributed by atoms with E-state index in [9.17, 15) is 4.79 Å². The first-order valence-corrected chi connectivity index (χ1v) is 9.80. The van der Waals surface area contributed by atoms with Gasteiger partial charge in [0.05, 0.1) is 17.8 Å². The van der Waals surface area contributed by atoms with Crippen molar-refractivity contribution in [3.8, 4) is 5.75 Å². The number of nitrogens with zero attached hydrogens (tertiary/aromatic N) is 4. The highest BCUT2D eigenvalue weighted by Gasteiger charge is 2.29. The van der Waals surface area contributed by atoms with Gasteiger partial charge in [-0.15, -0.1) is 0 Å². The summed E-state index contributed by atoms with van der Waals surface area (Å²) in [6, 6.07) is 9.77. The number of rotatable bonds is 4. The summed E-state index contributed by atoms with van der Waals surface area (Å²) in [6.07, 6.45) is 6.20. The van der Waals surface area contributed by atoms with E-state index < -0.39 is 0 Å². The molecule has 1 amide bonds. The third kappa shape index (κ3) is 4.04. The largest absolute Gasteiger partial charge is 0.489 e. The first-order chi connectivity index (χ1) is 13.2. The molecule has 27 heavy (non-hydrogen) atoms. The Labute approximate surface area is 160 Å². The van der Waals surface area contributed by atoms with E-state index in [0.29, 0.717) is 18.7 Å². The van der Waals surface area contributed by atoms with Crippen molar-refractivity contribution in [1.29, 1.82) is 0 Å². The Bertz CT molecular complexity index is 790. The minimum Gasteiger partial charge on any atom is -0.489 e. The van der Waals surface area contributed by atoms with E-state index in [-0.39, 0.29) is 12.0 Å². The highest BCUT2D eigenvalue weighted by atomic mass is 16.5. The summed E-state index contributed by atoms with van der Waals surface area (Å²) in [5.74, 6) is 1.59. The molecule has 2 fully saturated rings. The number of carbonyl (C=O) groups is 1. The Morgan fingerprint density at radius 1 is 1.11 bits per heavy atom. The number of aromatic nitrogens is 2. The van der Waals surface area contributed by atoms with Crippen molar-refractivity contribution >= 4 is 11.9 Å². The molecule has 2 aromatic rings. The van der Waals surface area contributed by atoms with Gasteiger partial charge in [-0.1, -0.05) is 18.2 Å². The molecule has 1 aromatic carbocycles. The lowest BCUT2D eigenvalue weighted by Gasteiger charge is -2.27. The van der Waals surface area contributed by atoms with E-state index in [2.05, 4.69) is 14.9 Å². The molecule has 6 heteroatoms. The van der Waals surface area contributed by atoms with Gasteiger partial charge in [0.15, 0.2) is 0 Å². The van der Waals surface area contributed by atoms with E-state index >= 15 is 0 Å². The van der Waals surface area contributed by atoms with Crippen molar-refractivity contribution in [2.75, 3.05) is 31.1 Å². The topological polar surface area (TPSA) is 58.6 Å².